The van der Waals surface area contributed by atoms with Gasteiger partial charge in [0.05, 0.1) is 0 Å². The summed E-state index contributed by atoms with van der Waals surface area (Å²) in [5.74, 6) is 0. The third-order valence-corrected chi connectivity index (χ3v) is 1.79. The van der Waals surface area contributed by atoms with Crippen LogP contribution in [0.1, 0.15) is 0 Å². The minimum absolute atomic E-state index is 0. The first kappa shape index (κ1) is 19.3. The van der Waals surface area contributed by atoms with Crippen molar-refractivity contribution < 1.29 is 20.4 Å². The molecule has 13 heavy (non-hydrogen) atoms. The van der Waals surface area contributed by atoms with Crippen molar-refractivity contribution in [3.8, 4) is 0 Å². The minimum Gasteiger partial charge on any atom is -0.378 e. The molecule has 1 nitrogen and oxygen atoms in total. The molecule has 5 heteroatoms. The molecule has 0 heterocycles. The number of rotatable bonds is 1. The first-order chi connectivity index (χ1) is 4.70. The molecule has 1 unspecified atom stereocenters. The van der Waals surface area contributed by atoms with Gasteiger partial charge in [0.15, 0.2) is 0 Å². The third kappa shape index (κ3) is 6.72. The number of halogens is 2. The van der Waals surface area contributed by atoms with Gasteiger partial charge in [-0.3, -0.25) is 0 Å². The molecule has 0 spiro atoms. The molecule has 80 valence electrons. The van der Waals surface area contributed by atoms with Crippen molar-refractivity contribution in [3.05, 3.63) is 24.3 Å². The van der Waals surface area contributed by atoms with Gasteiger partial charge in [0.2, 0.25) is 0 Å². The van der Waals surface area contributed by atoms with Crippen LogP contribution in [0.5, 0.6) is 0 Å². The van der Waals surface area contributed by atoms with E-state index in [0.717, 1.165) is 0 Å². The van der Waals surface area contributed by atoms with Gasteiger partial charge in [-0.15, -0.1) is 34.1 Å². The van der Waals surface area contributed by atoms with E-state index in [1.165, 1.54) is 11.0 Å². The summed E-state index contributed by atoms with van der Waals surface area (Å²) in [6, 6.07) is 8.37. The molecule has 0 fully saturated rings. The molecule has 0 radical (unpaired) electrons. The fourth-order valence-electron chi connectivity index (χ4n) is 0.772. The van der Waals surface area contributed by atoms with Crippen LogP contribution in [0, 0.1) is 0 Å². The summed E-state index contributed by atoms with van der Waals surface area (Å²) >= 11 is 0. The first-order valence-electron chi connectivity index (χ1n) is 3.23. The first-order valence-corrected chi connectivity index (χ1v) is 3.81. The molecular weight excluding hydrogens is 318 g/mol. The molecule has 0 saturated heterocycles. The van der Waals surface area contributed by atoms with Crippen molar-refractivity contribution >= 4 is 45.0 Å². The molecule has 0 amide bonds. The van der Waals surface area contributed by atoms with Gasteiger partial charge in [0.1, 0.15) is 0 Å². The summed E-state index contributed by atoms with van der Waals surface area (Å²) in [6.45, 7) is 0. The van der Waals surface area contributed by atoms with E-state index in [0.29, 0.717) is 0 Å². The number of nitrogens with zero attached hydrogens (tertiary/aromatic N) is 1. The van der Waals surface area contributed by atoms with E-state index in [1.807, 2.05) is 14.1 Å². The number of benzene rings is 1. The average Bonchev–Trinajstić information content (AvgIpc) is 1.88. The predicted molar refractivity (Wildman–Crippen MR) is 64.6 cm³/mol. The predicted octanol–water partition coefficient (Wildman–Crippen LogP) is 2.09. The van der Waals surface area contributed by atoms with E-state index in [2.05, 4.69) is 38.4 Å². The van der Waals surface area contributed by atoms with Gasteiger partial charge in [-0.1, -0.05) is 12.1 Å². The molecule has 1 aromatic rings. The maximum absolute atomic E-state index is 2.67. The van der Waals surface area contributed by atoms with Crippen molar-refractivity contribution in [3.63, 3.8) is 0 Å². The van der Waals surface area contributed by atoms with E-state index in [4.69, 9.17) is 0 Å². The average molecular weight is 333 g/mol. The quantitative estimate of drug-likeness (QED) is 0.562. The van der Waals surface area contributed by atoms with Gasteiger partial charge in [-0.05, 0) is 17.4 Å². The molecule has 1 atom stereocenters. The molecule has 0 aromatic heterocycles. The van der Waals surface area contributed by atoms with Crippen LogP contribution in [0.15, 0.2) is 24.3 Å². The smallest absolute Gasteiger partial charge is 0.0361 e. The molecule has 0 N–H and O–H groups in total. The Bertz CT molecular complexity index is 216. The molecular formula is C8H14Cl2NPPd. The third-order valence-electron chi connectivity index (χ3n) is 1.41. The van der Waals surface area contributed by atoms with Crippen LogP contribution in [0.25, 0.3) is 0 Å². The van der Waals surface area contributed by atoms with Crippen molar-refractivity contribution in [2.45, 2.75) is 0 Å². The summed E-state index contributed by atoms with van der Waals surface area (Å²) in [6.07, 6.45) is 0. The molecule has 1 rings (SSSR count). The van der Waals surface area contributed by atoms with Gasteiger partial charge in [0, 0.05) is 40.2 Å². The molecule has 0 aliphatic rings. The number of hydrogen-bond acceptors (Lipinski definition) is 1. The van der Waals surface area contributed by atoms with Gasteiger partial charge >= 0.3 is 0 Å². The standard InChI is InChI=1S/C8H12NP.2ClH.Pd/c1-9(2)7-3-5-8(10)6-4-7;;;/h3-6H,10H2,1-2H3;2*1H;. The Labute approximate surface area is 108 Å². The van der Waals surface area contributed by atoms with E-state index in [9.17, 15) is 0 Å². The molecule has 0 aliphatic carbocycles. The normalized spacial score (nSPS) is 7.31. The van der Waals surface area contributed by atoms with Gasteiger partial charge < -0.3 is 4.90 Å². The number of anilines is 1. The van der Waals surface area contributed by atoms with Crippen LogP contribution in [-0.4, -0.2) is 14.1 Å². The zero-order chi connectivity index (χ0) is 7.56. The maximum Gasteiger partial charge on any atom is 0.0361 e. The van der Waals surface area contributed by atoms with Crippen LogP contribution in [0.2, 0.25) is 0 Å². The van der Waals surface area contributed by atoms with Crippen LogP contribution in [-0.2, 0) is 20.4 Å². The van der Waals surface area contributed by atoms with Crippen molar-refractivity contribution in [2.24, 2.45) is 0 Å². The van der Waals surface area contributed by atoms with E-state index >= 15 is 0 Å². The van der Waals surface area contributed by atoms with E-state index in [1.54, 1.807) is 0 Å². The van der Waals surface area contributed by atoms with Crippen LogP contribution in [0.4, 0.5) is 5.69 Å². The number of hydrogen-bond donors (Lipinski definition) is 0. The second kappa shape index (κ2) is 9.26. The van der Waals surface area contributed by atoms with Crippen LogP contribution >= 0.6 is 34.1 Å². The molecule has 0 saturated carbocycles. The Morgan fingerprint density at radius 3 is 1.69 bits per heavy atom. The summed E-state index contributed by atoms with van der Waals surface area (Å²) in [7, 11) is 6.74. The van der Waals surface area contributed by atoms with E-state index in [-0.39, 0.29) is 45.2 Å². The molecule has 0 aliphatic heterocycles. The van der Waals surface area contributed by atoms with Crippen LogP contribution < -0.4 is 10.2 Å². The monoisotopic (exact) mass is 331 g/mol. The van der Waals surface area contributed by atoms with Gasteiger partial charge in [-0.25, -0.2) is 0 Å². The summed E-state index contributed by atoms with van der Waals surface area (Å²) < 4.78 is 0. The Morgan fingerprint density at radius 1 is 1.00 bits per heavy atom. The Balaban J connectivity index is -0.000000333. The van der Waals surface area contributed by atoms with Crippen molar-refractivity contribution in [1.82, 2.24) is 0 Å². The molecule has 1 aromatic carbocycles. The zero-order valence-corrected chi connectivity index (χ0v) is 11.8. The Kier molecular flexibility index (Phi) is 13.7. The summed E-state index contributed by atoms with van der Waals surface area (Å²) in [5.41, 5.74) is 1.24. The largest absolute Gasteiger partial charge is 0.378 e. The topological polar surface area (TPSA) is 3.24 Å². The summed E-state index contributed by atoms with van der Waals surface area (Å²) in [5, 5.41) is 1.23. The second-order valence-corrected chi connectivity index (χ2v) is 3.15. The van der Waals surface area contributed by atoms with Crippen LogP contribution in [0.3, 0.4) is 0 Å². The SMILES string of the molecule is CN(C)c1ccc(P)cc1.Cl.Cl.[Pd]. The minimum atomic E-state index is 0. The van der Waals surface area contributed by atoms with Gasteiger partial charge in [0.25, 0.3) is 0 Å². The maximum atomic E-state index is 2.67. The fourth-order valence-corrected chi connectivity index (χ4v) is 0.965. The van der Waals surface area contributed by atoms with E-state index < -0.39 is 0 Å². The zero-order valence-electron chi connectivity index (χ0n) is 7.47. The summed E-state index contributed by atoms with van der Waals surface area (Å²) in [4.78, 5) is 2.09. The van der Waals surface area contributed by atoms with Crippen molar-refractivity contribution in [2.75, 3.05) is 19.0 Å². The Morgan fingerprint density at radius 2 is 1.38 bits per heavy atom. The van der Waals surface area contributed by atoms with Gasteiger partial charge in [-0.2, -0.15) is 0 Å². The molecule has 0 bridgehead atoms. The second-order valence-electron chi connectivity index (χ2n) is 2.49. The Hall–Kier alpha value is 0.692. The van der Waals surface area contributed by atoms with Crippen molar-refractivity contribution in [1.29, 1.82) is 0 Å². The fraction of sp³-hybridized carbons (Fsp3) is 0.250.